The van der Waals surface area contributed by atoms with Crippen LogP contribution in [-0.4, -0.2) is 33.1 Å². The Morgan fingerprint density at radius 2 is 1.74 bits per heavy atom. The van der Waals surface area contributed by atoms with Gasteiger partial charge in [0.15, 0.2) is 5.79 Å². The van der Waals surface area contributed by atoms with E-state index in [-0.39, 0.29) is 5.97 Å². The Hall–Kier alpha value is -0.910. The summed E-state index contributed by atoms with van der Waals surface area (Å²) >= 11 is 3.50. The maximum atomic E-state index is 12.2. The third-order valence-electron chi connectivity index (χ3n) is 3.85. The molecule has 0 aromatic heterocycles. The lowest BCUT2D eigenvalue weighted by Crippen LogP contribution is -2.61. The summed E-state index contributed by atoms with van der Waals surface area (Å²) in [6.07, 6.45) is 0.893. The number of halogens is 1. The lowest BCUT2D eigenvalue weighted by Gasteiger charge is -2.52. The molecule has 5 heteroatoms. The zero-order valence-corrected chi connectivity index (χ0v) is 12.8. The van der Waals surface area contributed by atoms with Gasteiger partial charge < -0.3 is 14.2 Å². The zero-order valence-electron chi connectivity index (χ0n) is 11.2. The number of carbonyl (C=O) groups excluding carboxylic acids is 1. The van der Waals surface area contributed by atoms with Gasteiger partial charge in [-0.15, -0.1) is 0 Å². The smallest absolute Gasteiger partial charge is 0.316 e. The predicted molar refractivity (Wildman–Crippen MR) is 73.8 cm³/mol. The van der Waals surface area contributed by atoms with Gasteiger partial charge in [-0.05, 0) is 11.6 Å². The van der Waals surface area contributed by atoms with E-state index in [0.717, 1.165) is 10.0 Å². The average Bonchev–Trinajstić information content (AvgIpc) is 2.40. The molecule has 19 heavy (non-hydrogen) atoms. The molecule has 0 atom stereocenters. The molecule has 0 unspecified atom stereocenters. The van der Waals surface area contributed by atoms with E-state index in [2.05, 4.69) is 15.9 Å². The van der Waals surface area contributed by atoms with E-state index >= 15 is 0 Å². The fourth-order valence-electron chi connectivity index (χ4n) is 2.73. The van der Waals surface area contributed by atoms with Crippen molar-refractivity contribution >= 4 is 21.9 Å². The Balaban J connectivity index is 2.41. The molecule has 0 amide bonds. The Bertz CT molecular complexity index is 474. The molecule has 4 nitrogen and oxygen atoms in total. The molecule has 0 heterocycles. The quantitative estimate of drug-likeness (QED) is 0.629. The Kier molecular flexibility index (Phi) is 3.99. The molecule has 0 bridgehead atoms. The van der Waals surface area contributed by atoms with Crippen molar-refractivity contribution in [3.63, 3.8) is 0 Å². The molecule has 1 aliphatic carbocycles. The van der Waals surface area contributed by atoms with Gasteiger partial charge in [-0.25, -0.2) is 0 Å². The number of esters is 1. The summed E-state index contributed by atoms with van der Waals surface area (Å²) in [4.78, 5) is 12.2. The highest BCUT2D eigenvalue weighted by atomic mass is 79.9. The summed E-state index contributed by atoms with van der Waals surface area (Å²) in [5.41, 5.74) is 0.201. The fourth-order valence-corrected chi connectivity index (χ4v) is 3.39. The molecule has 1 fully saturated rings. The number of benzene rings is 1. The number of hydrogen-bond acceptors (Lipinski definition) is 4. The van der Waals surface area contributed by atoms with Gasteiger partial charge in [0.05, 0.1) is 7.11 Å². The van der Waals surface area contributed by atoms with E-state index in [4.69, 9.17) is 14.2 Å². The summed E-state index contributed by atoms with van der Waals surface area (Å²) in [5.74, 6) is -0.965. The molecule has 1 aromatic rings. The second-order valence-electron chi connectivity index (χ2n) is 4.73. The fraction of sp³-hybridized carbons (Fsp3) is 0.500. The van der Waals surface area contributed by atoms with Crippen LogP contribution in [0.25, 0.3) is 0 Å². The Morgan fingerprint density at radius 1 is 1.16 bits per heavy atom. The van der Waals surface area contributed by atoms with Crippen LogP contribution in [-0.2, 0) is 24.4 Å². The van der Waals surface area contributed by atoms with Crippen LogP contribution in [0.5, 0.6) is 0 Å². The molecule has 1 saturated carbocycles. The van der Waals surface area contributed by atoms with Crippen molar-refractivity contribution in [2.45, 2.75) is 24.0 Å². The van der Waals surface area contributed by atoms with Gasteiger partial charge in [-0.2, -0.15) is 0 Å². The summed E-state index contributed by atoms with van der Waals surface area (Å²) < 4.78 is 16.6. The number of carbonyl (C=O) groups is 1. The number of rotatable bonds is 4. The van der Waals surface area contributed by atoms with Gasteiger partial charge in [-0.1, -0.05) is 34.1 Å². The van der Waals surface area contributed by atoms with Gasteiger partial charge >= 0.3 is 5.97 Å². The number of hydrogen-bond donors (Lipinski definition) is 0. The predicted octanol–water partition coefficient (Wildman–Crippen LogP) is 2.64. The van der Waals surface area contributed by atoms with Crippen LogP contribution in [0.15, 0.2) is 28.7 Å². The van der Waals surface area contributed by atoms with E-state index in [1.54, 1.807) is 14.2 Å². The highest BCUT2D eigenvalue weighted by Crippen LogP contribution is 2.54. The lowest BCUT2D eigenvalue weighted by molar-refractivity contribution is -0.278. The average molecular weight is 329 g/mol. The van der Waals surface area contributed by atoms with Crippen molar-refractivity contribution in [1.29, 1.82) is 0 Å². The van der Waals surface area contributed by atoms with Gasteiger partial charge in [0, 0.05) is 31.5 Å². The van der Waals surface area contributed by atoms with Crippen LogP contribution >= 0.6 is 15.9 Å². The van der Waals surface area contributed by atoms with Crippen molar-refractivity contribution in [2.24, 2.45) is 0 Å². The largest absolute Gasteiger partial charge is 0.468 e. The molecule has 1 aliphatic rings. The third kappa shape index (κ3) is 2.20. The van der Waals surface area contributed by atoms with Gasteiger partial charge in [0.25, 0.3) is 0 Å². The number of ether oxygens (including phenoxy) is 3. The third-order valence-corrected chi connectivity index (χ3v) is 4.54. The van der Waals surface area contributed by atoms with Crippen molar-refractivity contribution < 1.29 is 19.0 Å². The van der Waals surface area contributed by atoms with E-state index in [1.807, 2.05) is 24.3 Å². The van der Waals surface area contributed by atoms with Crippen LogP contribution in [0, 0.1) is 0 Å². The molecule has 104 valence electrons. The minimum absolute atomic E-state index is 0.260. The Morgan fingerprint density at radius 3 is 2.21 bits per heavy atom. The zero-order chi connectivity index (χ0) is 14.1. The highest BCUT2D eigenvalue weighted by molar-refractivity contribution is 9.10. The summed E-state index contributed by atoms with van der Waals surface area (Å²) in [6.45, 7) is 0. The van der Waals surface area contributed by atoms with Gasteiger partial charge in [0.1, 0.15) is 5.41 Å². The second-order valence-corrected chi connectivity index (χ2v) is 5.58. The first-order valence-corrected chi connectivity index (χ1v) is 6.76. The topological polar surface area (TPSA) is 44.8 Å². The van der Waals surface area contributed by atoms with Gasteiger partial charge in [0.2, 0.25) is 0 Å². The molecule has 0 radical (unpaired) electrons. The van der Waals surface area contributed by atoms with E-state index < -0.39 is 11.2 Å². The first kappa shape index (κ1) is 14.5. The molecule has 0 N–H and O–H groups in total. The normalized spacial score (nSPS) is 19.6. The molecule has 2 rings (SSSR count). The molecular weight excluding hydrogens is 312 g/mol. The minimum Gasteiger partial charge on any atom is -0.468 e. The van der Waals surface area contributed by atoms with E-state index in [1.165, 1.54) is 7.11 Å². The van der Waals surface area contributed by atoms with Crippen molar-refractivity contribution in [1.82, 2.24) is 0 Å². The van der Waals surface area contributed by atoms with Gasteiger partial charge in [-0.3, -0.25) is 4.79 Å². The monoisotopic (exact) mass is 328 g/mol. The van der Waals surface area contributed by atoms with Crippen LogP contribution < -0.4 is 0 Å². The molecule has 0 aliphatic heterocycles. The van der Waals surface area contributed by atoms with E-state index in [9.17, 15) is 4.79 Å². The van der Waals surface area contributed by atoms with Crippen LogP contribution in [0.4, 0.5) is 0 Å². The standard InChI is InChI=1S/C14H17BrO4/c1-17-12(16)13(8-14(9-13,18-2)19-3)10-6-4-5-7-11(10)15/h4-7H,8-9H2,1-3H3. The first-order chi connectivity index (χ1) is 9.03. The molecule has 0 saturated heterocycles. The summed E-state index contributed by atoms with van der Waals surface area (Å²) in [6, 6.07) is 7.66. The van der Waals surface area contributed by atoms with Crippen molar-refractivity contribution in [2.75, 3.05) is 21.3 Å². The first-order valence-electron chi connectivity index (χ1n) is 5.97. The lowest BCUT2D eigenvalue weighted by atomic mass is 9.60. The summed E-state index contributed by atoms with van der Waals surface area (Å²) in [7, 11) is 4.58. The van der Waals surface area contributed by atoms with Crippen LogP contribution in [0.1, 0.15) is 18.4 Å². The minimum atomic E-state index is -0.707. The van der Waals surface area contributed by atoms with Crippen LogP contribution in [0.2, 0.25) is 0 Å². The SMILES string of the molecule is COC(=O)C1(c2ccccc2Br)CC(OC)(OC)C1. The second kappa shape index (κ2) is 5.23. The maximum Gasteiger partial charge on any atom is 0.316 e. The summed E-state index contributed by atoms with van der Waals surface area (Å²) in [5, 5.41) is 0. The highest BCUT2D eigenvalue weighted by Gasteiger charge is 2.62. The molecular formula is C14H17BrO4. The van der Waals surface area contributed by atoms with Crippen molar-refractivity contribution in [3.05, 3.63) is 34.3 Å². The maximum absolute atomic E-state index is 12.2. The molecule has 1 aromatic carbocycles. The molecule has 0 spiro atoms. The van der Waals surface area contributed by atoms with Crippen LogP contribution in [0.3, 0.4) is 0 Å². The van der Waals surface area contributed by atoms with Crippen molar-refractivity contribution in [3.8, 4) is 0 Å². The Labute approximate surface area is 121 Å². The number of methoxy groups -OCH3 is 3. The van der Waals surface area contributed by atoms with E-state index in [0.29, 0.717) is 12.8 Å².